The summed E-state index contributed by atoms with van der Waals surface area (Å²) in [6.07, 6.45) is -1.38. The highest BCUT2D eigenvalue weighted by Crippen LogP contribution is 2.30. The second-order valence-corrected chi connectivity index (χ2v) is 8.58. The number of Topliss-reactive ketones (excluding diaryl/α,β-unsaturated/α-hetero) is 2. The molecule has 2 atom stereocenters. The molecule has 1 aliphatic carbocycles. The van der Waals surface area contributed by atoms with E-state index in [1.54, 1.807) is 24.3 Å². The van der Waals surface area contributed by atoms with Crippen LogP contribution in [0.3, 0.4) is 0 Å². The Hall–Kier alpha value is -4.70. The van der Waals surface area contributed by atoms with Crippen molar-refractivity contribution in [3.05, 3.63) is 83.4 Å². The van der Waals surface area contributed by atoms with E-state index in [1.165, 1.54) is 0 Å². The molecule has 1 aliphatic rings. The fraction of sp³-hybridized carbons (Fsp3) is 0.154. The van der Waals surface area contributed by atoms with Gasteiger partial charge in [-0.2, -0.15) is 5.21 Å². The van der Waals surface area contributed by atoms with Gasteiger partial charge in [-0.05, 0) is 59.2 Å². The molecule has 1 heterocycles. The number of tetrazole rings is 1. The van der Waals surface area contributed by atoms with Crippen molar-refractivity contribution in [3.8, 4) is 22.5 Å². The molecule has 0 aliphatic heterocycles. The molecule has 1 amide bonds. The number of aromatic nitrogens is 4. The number of nitrogens with one attached hydrogen (secondary N) is 3. The molecule has 10 heteroatoms. The van der Waals surface area contributed by atoms with E-state index in [1.807, 2.05) is 49.4 Å². The summed E-state index contributed by atoms with van der Waals surface area (Å²) in [6, 6.07) is 19.3. The van der Waals surface area contributed by atoms with Crippen molar-refractivity contribution in [3.63, 3.8) is 0 Å². The predicted octanol–water partition coefficient (Wildman–Crippen LogP) is 2.07. The number of nitrogens with zero attached hydrogens (tertiary/aromatic N) is 3. The second kappa shape index (κ2) is 9.51. The Labute approximate surface area is 205 Å². The summed E-state index contributed by atoms with van der Waals surface area (Å²) in [5, 5.41) is 29.7. The van der Waals surface area contributed by atoms with Crippen LogP contribution in [0.1, 0.15) is 21.5 Å². The van der Waals surface area contributed by atoms with E-state index in [4.69, 9.17) is 0 Å². The number of aryl methyl sites for hydroxylation is 1. The zero-order valence-corrected chi connectivity index (χ0v) is 19.2. The van der Waals surface area contributed by atoms with Gasteiger partial charge in [0.25, 0.3) is 5.91 Å². The molecule has 10 nitrogen and oxygen atoms in total. The number of H-pyrrole nitrogens is 1. The first-order valence-electron chi connectivity index (χ1n) is 11.2. The maximum Gasteiger partial charge on any atom is 0.251 e. The van der Waals surface area contributed by atoms with E-state index >= 15 is 0 Å². The molecule has 1 saturated carbocycles. The number of aliphatic hydroxyl groups is 1. The van der Waals surface area contributed by atoms with Gasteiger partial charge in [-0.15, -0.1) is 10.2 Å². The highest BCUT2D eigenvalue weighted by molar-refractivity contribution is 6.49. The van der Waals surface area contributed by atoms with Crippen LogP contribution < -0.4 is 10.6 Å². The normalized spacial score (nSPS) is 16.9. The zero-order chi connectivity index (χ0) is 25.2. The third kappa shape index (κ3) is 4.62. The summed E-state index contributed by atoms with van der Waals surface area (Å²) in [5.74, 6) is -1.33. The minimum absolute atomic E-state index is 0.188. The molecule has 4 N–H and O–H groups in total. The maximum absolute atomic E-state index is 12.6. The lowest BCUT2D eigenvalue weighted by atomic mass is 9.85. The van der Waals surface area contributed by atoms with Gasteiger partial charge in [0, 0.05) is 23.4 Å². The number of aliphatic hydroxyl groups excluding tert-OH is 1. The monoisotopic (exact) mass is 482 g/mol. The average Bonchev–Trinajstić information content (AvgIpc) is 3.46. The molecule has 0 spiro atoms. The average molecular weight is 483 g/mol. The zero-order valence-electron chi connectivity index (χ0n) is 19.2. The maximum atomic E-state index is 12.6. The van der Waals surface area contributed by atoms with E-state index in [-0.39, 0.29) is 5.91 Å². The van der Waals surface area contributed by atoms with Crippen LogP contribution in [0.15, 0.2) is 66.7 Å². The fourth-order valence-electron chi connectivity index (χ4n) is 3.92. The van der Waals surface area contributed by atoms with Crippen LogP contribution in [0.4, 0.5) is 5.69 Å². The first-order chi connectivity index (χ1) is 17.4. The van der Waals surface area contributed by atoms with Crippen molar-refractivity contribution in [2.24, 2.45) is 0 Å². The van der Waals surface area contributed by atoms with Crippen LogP contribution in [0.2, 0.25) is 0 Å². The molecule has 4 aromatic rings. The van der Waals surface area contributed by atoms with Crippen LogP contribution >= 0.6 is 0 Å². The Morgan fingerprint density at radius 1 is 0.944 bits per heavy atom. The molecular weight excluding hydrogens is 460 g/mol. The summed E-state index contributed by atoms with van der Waals surface area (Å²) >= 11 is 0. The van der Waals surface area contributed by atoms with Gasteiger partial charge in [0.05, 0.1) is 0 Å². The Balaban J connectivity index is 1.36. The minimum Gasteiger partial charge on any atom is -0.382 e. The molecule has 0 radical (unpaired) electrons. The standard InChI is InChI=1S/C26H22N6O4/c1-14-2-4-15(5-3-14)13-27-26(36)17-8-6-16(7-9-17)18-10-19(25-29-31-32-30-25)12-20(11-18)28-21-22(33)24(35)23(21)34/h2-12,21-22,28,33H,13H2,1H3,(H,27,36)(H,29,30,31,32). The summed E-state index contributed by atoms with van der Waals surface area (Å²) in [4.78, 5) is 35.9. The smallest absolute Gasteiger partial charge is 0.251 e. The molecule has 1 fully saturated rings. The first-order valence-corrected chi connectivity index (χ1v) is 11.2. The highest BCUT2D eigenvalue weighted by Gasteiger charge is 2.48. The topological polar surface area (TPSA) is 150 Å². The largest absolute Gasteiger partial charge is 0.382 e. The van der Waals surface area contributed by atoms with Crippen molar-refractivity contribution in [2.75, 3.05) is 5.32 Å². The van der Waals surface area contributed by atoms with Crippen molar-refractivity contribution in [2.45, 2.75) is 25.6 Å². The highest BCUT2D eigenvalue weighted by atomic mass is 16.3. The number of hydrogen-bond donors (Lipinski definition) is 4. The number of amides is 1. The molecule has 180 valence electrons. The van der Waals surface area contributed by atoms with Crippen molar-refractivity contribution < 1.29 is 19.5 Å². The quantitative estimate of drug-likeness (QED) is 0.292. The number of aromatic amines is 1. The van der Waals surface area contributed by atoms with E-state index in [9.17, 15) is 19.5 Å². The molecule has 3 aromatic carbocycles. The molecule has 36 heavy (non-hydrogen) atoms. The summed E-state index contributed by atoms with van der Waals surface area (Å²) in [7, 11) is 0. The minimum atomic E-state index is -1.38. The van der Waals surface area contributed by atoms with Gasteiger partial charge in [-0.25, -0.2) is 0 Å². The van der Waals surface area contributed by atoms with Crippen LogP contribution in [-0.2, 0) is 16.1 Å². The van der Waals surface area contributed by atoms with Crippen LogP contribution in [0, 0.1) is 6.92 Å². The van der Waals surface area contributed by atoms with Gasteiger partial charge in [0.15, 0.2) is 0 Å². The SMILES string of the molecule is Cc1ccc(CNC(=O)c2ccc(-c3cc(NC4C(=O)C(=O)C4O)cc(-c4nn[nH]n4)c3)cc2)cc1. The third-order valence-electron chi connectivity index (χ3n) is 6.02. The fourth-order valence-corrected chi connectivity index (χ4v) is 3.92. The lowest BCUT2D eigenvalue weighted by molar-refractivity contribution is -0.152. The van der Waals surface area contributed by atoms with Crippen molar-refractivity contribution >= 4 is 23.2 Å². The van der Waals surface area contributed by atoms with Gasteiger partial charge < -0.3 is 15.7 Å². The number of anilines is 1. The van der Waals surface area contributed by atoms with Gasteiger partial charge in [-0.1, -0.05) is 42.0 Å². The Morgan fingerprint density at radius 3 is 2.33 bits per heavy atom. The Kier molecular flexibility index (Phi) is 6.09. The molecular formula is C26H22N6O4. The second-order valence-electron chi connectivity index (χ2n) is 8.58. The van der Waals surface area contributed by atoms with E-state index in [0.717, 1.165) is 22.3 Å². The number of carbonyl (C=O) groups is 3. The molecule has 0 saturated heterocycles. The third-order valence-corrected chi connectivity index (χ3v) is 6.02. The summed E-state index contributed by atoms with van der Waals surface area (Å²) < 4.78 is 0. The molecule has 2 unspecified atom stereocenters. The summed E-state index contributed by atoms with van der Waals surface area (Å²) in [6.45, 7) is 2.44. The lowest BCUT2D eigenvalue weighted by Crippen LogP contribution is -2.61. The van der Waals surface area contributed by atoms with Crippen LogP contribution in [0.5, 0.6) is 0 Å². The number of ketones is 2. The number of hydrogen-bond acceptors (Lipinski definition) is 8. The van der Waals surface area contributed by atoms with E-state index in [2.05, 4.69) is 31.3 Å². The van der Waals surface area contributed by atoms with Gasteiger partial charge in [0.1, 0.15) is 12.1 Å². The van der Waals surface area contributed by atoms with Gasteiger partial charge in [-0.3, -0.25) is 14.4 Å². The Bertz CT molecular complexity index is 1430. The number of benzene rings is 3. The number of carbonyl (C=O) groups excluding carboxylic acids is 3. The molecule has 5 rings (SSSR count). The van der Waals surface area contributed by atoms with Crippen molar-refractivity contribution in [1.82, 2.24) is 25.9 Å². The Morgan fingerprint density at radius 2 is 1.67 bits per heavy atom. The predicted molar refractivity (Wildman–Crippen MR) is 131 cm³/mol. The lowest BCUT2D eigenvalue weighted by Gasteiger charge is -2.30. The van der Waals surface area contributed by atoms with Gasteiger partial charge >= 0.3 is 0 Å². The van der Waals surface area contributed by atoms with E-state index in [0.29, 0.717) is 29.2 Å². The molecule has 0 bridgehead atoms. The molecule has 1 aromatic heterocycles. The van der Waals surface area contributed by atoms with Gasteiger partial charge in [0.2, 0.25) is 17.4 Å². The van der Waals surface area contributed by atoms with Crippen LogP contribution in [0.25, 0.3) is 22.5 Å². The summed E-state index contributed by atoms with van der Waals surface area (Å²) in [5.41, 5.74) is 5.34. The number of rotatable bonds is 7. The van der Waals surface area contributed by atoms with E-state index < -0.39 is 23.7 Å². The first kappa shape index (κ1) is 23.1. The van der Waals surface area contributed by atoms with Crippen LogP contribution in [-0.4, -0.2) is 55.4 Å². The van der Waals surface area contributed by atoms with Crippen molar-refractivity contribution in [1.29, 1.82) is 0 Å².